The Morgan fingerprint density at radius 3 is 2.51 bits per heavy atom. The van der Waals surface area contributed by atoms with E-state index in [9.17, 15) is 28.3 Å². The molecule has 1 radical (unpaired) electrons. The van der Waals surface area contributed by atoms with Crippen LogP contribution in [0.5, 0.6) is 0 Å². The number of fused-ring (bicyclic) bond motifs is 2. The first kappa shape index (κ1) is 35.4. The second-order valence-corrected chi connectivity index (χ2v) is 18.2. The predicted octanol–water partition coefficient (Wildman–Crippen LogP) is 3.25. The van der Waals surface area contributed by atoms with Crippen molar-refractivity contribution in [3.8, 4) is 0 Å². The van der Waals surface area contributed by atoms with E-state index in [0.717, 1.165) is 10.9 Å². The van der Waals surface area contributed by atoms with Crippen LogP contribution in [0.4, 0.5) is 5.82 Å². The van der Waals surface area contributed by atoms with Gasteiger partial charge in [0, 0.05) is 12.6 Å². The normalized spacial score (nSPS) is 29.9. The molecule has 4 rings (SSSR count). The monoisotopic (exact) mass is 704 g/mol. The molecule has 1 saturated heterocycles. The SMILES string of the molecule is CC(C)([B]CC1CC2C=CC1C2)SSCO[C@@H]1C[C@H](n2ccc(N)nc2=O)OC1COP(=O)(O)OP(=O)(O)OP(=O)(O)O. The molecule has 6 N–H and O–H groups in total. The van der Waals surface area contributed by atoms with E-state index >= 15 is 0 Å². The number of phosphoric acid groups is 3. The Bertz CT molecular complexity index is 1380. The summed E-state index contributed by atoms with van der Waals surface area (Å²) in [5, 5.41) is 0. The molecular formula is C21H34BN3O13P3S2. The number of rotatable bonds is 16. The third-order valence-corrected chi connectivity index (χ3v) is 13.8. The Kier molecular flexibility index (Phi) is 11.6. The fourth-order valence-electron chi connectivity index (χ4n) is 5.24. The third kappa shape index (κ3) is 10.8. The van der Waals surface area contributed by atoms with Gasteiger partial charge in [0.05, 0.1) is 12.7 Å². The molecule has 16 nitrogen and oxygen atoms in total. The van der Waals surface area contributed by atoms with Crippen LogP contribution in [-0.2, 0) is 36.3 Å². The fraction of sp³-hybridized carbons (Fsp3) is 0.714. The van der Waals surface area contributed by atoms with Gasteiger partial charge in [0.1, 0.15) is 31.4 Å². The van der Waals surface area contributed by atoms with Crippen molar-refractivity contribution in [2.75, 3.05) is 18.3 Å². The summed E-state index contributed by atoms with van der Waals surface area (Å²) in [6.45, 7) is 3.51. The Morgan fingerprint density at radius 2 is 1.88 bits per heavy atom. The minimum Gasteiger partial charge on any atom is -0.383 e. The Hall–Kier alpha value is -0.485. The molecule has 241 valence electrons. The summed E-state index contributed by atoms with van der Waals surface area (Å²) in [5.74, 6) is 2.23. The smallest absolute Gasteiger partial charge is 0.383 e. The number of nitrogens with two attached hydrogens (primary N) is 1. The first-order valence-corrected chi connectivity index (χ1v) is 20.0. The average Bonchev–Trinajstić information content (AvgIpc) is 3.58. The number of aromatic nitrogens is 2. The van der Waals surface area contributed by atoms with Crippen LogP contribution in [0, 0.1) is 17.8 Å². The van der Waals surface area contributed by atoms with Gasteiger partial charge in [-0.2, -0.15) is 13.6 Å². The molecule has 2 heterocycles. The number of hydrogen-bond acceptors (Lipinski definition) is 13. The van der Waals surface area contributed by atoms with Crippen molar-refractivity contribution >= 4 is 58.2 Å². The first-order valence-electron chi connectivity index (χ1n) is 13.1. The molecule has 2 aliphatic carbocycles. The van der Waals surface area contributed by atoms with Crippen LogP contribution in [0.25, 0.3) is 0 Å². The molecule has 43 heavy (non-hydrogen) atoms. The number of allylic oxidation sites excluding steroid dienone is 2. The summed E-state index contributed by atoms with van der Waals surface area (Å²) in [6, 6.07) is 1.39. The van der Waals surface area contributed by atoms with Gasteiger partial charge in [0.25, 0.3) is 0 Å². The molecule has 0 amide bonds. The Balaban J connectivity index is 1.32. The van der Waals surface area contributed by atoms with Gasteiger partial charge in [-0.05, 0) is 41.3 Å². The standard InChI is InChI=1S/C21H34BN3O13P3S2/c1-21(2,22-10-15-8-13-3-4-14(15)7-13)43-42-12-34-16-9-19(25-6-5-18(23)24-20(25)26)36-17(16)11-35-40(30,31)38-41(32,33)37-39(27,28)29/h3-6,13-17,19H,7-12H2,1-2H3,(H,30,31)(H,32,33)(H2,23,24,26)(H2,27,28,29)/t13?,14?,15?,16-,17?,19-/m1/s1. The molecule has 2 bridgehead atoms. The van der Waals surface area contributed by atoms with Crippen molar-refractivity contribution in [2.24, 2.45) is 17.8 Å². The summed E-state index contributed by atoms with van der Waals surface area (Å²) >= 11 is 0. The number of nitrogens with zero attached hydrogens (tertiary/aromatic N) is 2. The largest absolute Gasteiger partial charge is 0.490 e. The lowest BCUT2D eigenvalue weighted by Gasteiger charge is -2.26. The molecular weight excluding hydrogens is 670 g/mol. The highest BCUT2D eigenvalue weighted by atomic mass is 33.1. The molecule has 1 saturated carbocycles. The van der Waals surface area contributed by atoms with Crippen LogP contribution in [-0.4, -0.2) is 65.8 Å². The minimum atomic E-state index is -5.69. The molecule has 3 aliphatic rings. The van der Waals surface area contributed by atoms with Crippen LogP contribution < -0.4 is 11.4 Å². The number of ether oxygens (including phenoxy) is 2. The van der Waals surface area contributed by atoms with Gasteiger partial charge in [0.15, 0.2) is 0 Å². The number of hydrogen-bond donors (Lipinski definition) is 5. The average molecular weight is 704 g/mol. The highest BCUT2D eigenvalue weighted by Crippen LogP contribution is 2.66. The van der Waals surface area contributed by atoms with Gasteiger partial charge >= 0.3 is 29.2 Å². The van der Waals surface area contributed by atoms with Crippen molar-refractivity contribution < 1.29 is 55.9 Å². The van der Waals surface area contributed by atoms with Crippen molar-refractivity contribution in [3.05, 3.63) is 34.9 Å². The number of phosphoric ester groups is 1. The lowest BCUT2D eigenvalue weighted by atomic mass is 9.58. The van der Waals surface area contributed by atoms with Gasteiger partial charge in [-0.25, -0.2) is 18.5 Å². The van der Waals surface area contributed by atoms with E-state index < -0.39 is 54.2 Å². The highest BCUT2D eigenvalue weighted by molar-refractivity contribution is 8.77. The quantitative estimate of drug-likeness (QED) is 0.0414. The van der Waals surface area contributed by atoms with E-state index in [4.69, 9.17) is 29.5 Å². The maximum absolute atomic E-state index is 12.4. The third-order valence-electron chi connectivity index (χ3n) is 7.09. The molecule has 1 aromatic heterocycles. The number of anilines is 1. The van der Waals surface area contributed by atoms with Crippen LogP contribution in [0.2, 0.25) is 6.32 Å². The van der Waals surface area contributed by atoms with Crippen LogP contribution in [0.1, 0.15) is 39.3 Å². The van der Waals surface area contributed by atoms with Gasteiger partial charge in [0.2, 0.25) is 0 Å². The zero-order valence-electron chi connectivity index (χ0n) is 23.2. The van der Waals surface area contributed by atoms with Crippen molar-refractivity contribution in [2.45, 2.75) is 62.5 Å². The Morgan fingerprint density at radius 1 is 1.14 bits per heavy atom. The molecule has 0 aromatic carbocycles. The molecule has 0 spiro atoms. The zero-order chi connectivity index (χ0) is 31.6. The van der Waals surface area contributed by atoms with E-state index in [-0.39, 0.29) is 22.8 Å². The van der Waals surface area contributed by atoms with Crippen LogP contribution in [0.3, 0.4) is 0 Å². The van der Waals surface area contributed by atoms with Gasteiger partial charge in [-0.15, -0.1) is 0 Å². The maximum Gasteiger partial charge on any atom is 0.490 e. The molecule has 1 aromatic rings. The van der Waals surface area contributed by atoms with Crippen molar-refractivity contribution in [3.63, 3.8) is 0 Å². The van der Waals surface area contributed by atoms with Gasteiger partial charge in [-0.3, -0.25) is 9.09 Å². The van der Waals surface area contributed by atoms with Crippen molar-refractivity contribution in [1.82, 2.24) is 9.55 Å². The van der Waals surface area contributed by atoms with Gasteiger partial charge < -0.3 is 34.8 Å². The minimum absolute atomic E-state index is 0.000926. The number of nitrogen functional groups attached to an aromatic ring is 1. The molecule has 22 heteroatoms. The lowest BCUT2D eigenvalue weighted by molar-refractivity contribution is -0.0542. The lowest BCUT2D eigenvalue weighted by Crippen LogP contribution is -2.29. The van der Waals surface area contributed by atoms with Gasteiger partial charge in [-0.1, -0.05) is 53.9 Å². The predicted molar refractivity (Wildman–Crippen MR) is 160 cm³/mol. The van der Waals surface area contributed by atoms with E-state index in [2.05, 4.69) is 46.9 Å². The first-order chi connectivity index (χ1) is 19.9. The highest BCUT2D eigenvalue weighted by Gasteiger charge is 2.44. The molecule has 6 unspecified atom stereocenters. The van der Waals surface area contributed by atoms with E-state index in [1.165, 1.54) is 35.9 Å². The summed E-state index contributed by atoms with van der Waals surface area (Å²) in [6.07, 6.45) is 6.87. The summed E-state index contributed by atoms with van der Waals surface area (Å²) in [7, 11) is -11.2. The summed E-state index contributed by atoms with van der Waals surface area (Å²) in [4.78, 5) is 52.7. The van der Waals surface area contributed by atoms with Crippen molar-refractivity contribution in [1.29, 1.82) is 0 Å². The summed E-state index contributed by atoms with van der Waals surface area (Å²) in [5.41, 5.74) is 4.85. The van der Waals surface area contributed by atoms with Crippen LogP contribution >= 0.6 is 45.1 Å². The van der Waals surface area contributed by atoms with E-state index in [1.807, 2.05) is 0 Å². The Labute approximate surface area is 256 Å². The van der Waals surface area contributed by atoms with E-state index in [1.54, 1.807) is 10.8 Å². The molecule has 1 aliphatic heterocycles. The molecule has 2 fully saturated rings. The fourth-order valence-corrected chi connectivity index (χ4v) is 10.4. The molecule has 8 atom stereocenters. The zero-order valence-corrected chi connectivity index (χ0v) is 27.5. The summed E-state index contributed by atoms with van der Waals surface area (Å²) < 4.78 is 59.9. The second kappa shape index (κ2) is 14.1. The van der Waals surface area contributed by atoms with Crippen LogP contribution in [0.15, 0.2) is 29.2 Å². The maximum atomic E-state index is 12.4. The van der Waals surface area contributed by atoms with E-state index in [0.29, 0.717) is 17.8 Å². The second-order valence-electron chi connectivity index (χ2n) is 10.9. The topological polar surface area (TPSA) is 239 Å².